The van der Waals surface area contributed by atoms with Crippen molar-refractivity contribution in [2.75, 3.05) is 5.32 Å². The normalized spacial score (nSPS) is 17.2. The molecule has 5 N–H and O–H groups in total. The molecule has 1 saturated carbocycles. The van der Waals surface area contributed by atoms with E-state index < -0.39 is 5.91 Å². The molecule has 2 amide bonds. The Bertz CT molecular complexity index is 522. The number of nitrogens with two attached hydrogens (primary N) is 2. The van der Waals surface area contributed by atoms with Gasteiger partial charge in [0.05, 0.1) is 6.42 Å². The lowest BCUT2D eigenvalue weighted by molar-refractivity contribution is -0.118. The first-order chi connectivity index (χ1) is 9.98. The van der Waals surface area contributed by atoms with Gasteiger partial charge in [-0.2, -0.15) is 0 Å². The summed E-state index contributed by atoms with van der Waals surface area (Å²) in [6, 6.07) is 7.21. The third-order valence-corrected chi connectivity index (χ3v) is 4.02. The van der Waals surface area contributed by atoms with E-state index in [0.29, 0.717) is 12.1 Å². The summed E-state index contributed by atoms with van der Waals surface area (Å²) >= 11 is 0. The zero-order valence-electron chi connectivity index (χ0n) is 12.2. The van der Waals surface area contributed by atoms with Crippen LogP contribution in [0.3, 0.4) is 0 Å². The summed E-state index contributed by atoms with van der Waals surface area (Å²) in [4.78, 5) is 23.3. The second kappa shape index (κ2) is 6.72. The van der Waals surface area contributed by atoms with E-state index in [0.717, 1.165) is 31.2 Å². The van der Waals surface area contributed by atoms with Gasteiger partial charge >= 0.3 is 0 Å². The Morgan fingerprint density at radius 1 is 1.14 bits per heavy atom. The number of nitrogens with one attached hydrogen (secondary N) is 1. The molecule has 1 aliphatic carbocycles. The Hall–Kier alpha value is -1.88. The number of anilines is 1. The molecule has 5 nitrogen and oxygen atoms in total. The number of benzene rings is 1. The molecule has 1 aliphatic rings. The lowest BCUT2D eigenvalue weighted by Crippen LogP contribution is -2.44. The second-order valence-electron chi connectivity index (χ2n) is 5.95. The van der Waals surface area contributed by atoms with E-state index in [1.54, 1.807) is 12.1 Å². The molecule has 0 unspecified atom stereocenters. The molecule has 114 valence electrons. The fraction of sp³-hybridized carbons (Fsp3) is 0.500. The highest BCUT2D eigenvalue weighted by Gasteiger charge is 2.30. The van der Waals surface area contributed by atoms with Crippen LogP contribution >= 0.6 is 0 Å². The lowest BCUT2D eigenvalue weighted by atomic mass is 9.80. The topological polar surface area (TPSA) is 98.2 Å². The summed E-state index contributed by atoms with van der Waals surface area (Å²) in [6.45, 7) is 0. The Kier molecular flexibility index (Phi) is 4.96. The first kappa shape index (κ1) is 15.5. The van der Waals surface area contributed by atoms with Crippen LogP contribution in [0.15, 0.2) is 24.3 Å². The molecule has 0 saturated heterocycles. The van der Waals surface area contributed by atoms with Gasteiger partial charge < -0.3 is 16.8 Å². The molecule has 1 aromatic rings. The van der Waals surface area contributed by atoms with Crippen LogP contribution in [0.2, 0.25) is 0 Å². The number of hydrogen-bond donors (Lipinski definition) is 3. The van der Waals surface area contributed by atoms with E-state index in [1.807, 2.05) is 12.1 Å². The van der Waals surface area contributed by atoms with Crippen LogP contribution in [0.1, 0.15) is 44.1 Å². The molecule has 1 fully saturated rings. The van der Waals surface area contributed by atoms with Gasteiger partial charge in [-0.25, -0.2) is 0 Å². The van der Waals surface area contributed by atoms with Gasteiger partial charge in [-0.1, -0.05) is 37.5 Å². The zero-order valence-corrected chi connectivity index (χ0v) is 12.2. The van der Waals surface area contributed by atoms with Crippen LogP contribution in [0.25, 0.3) is 0 Å². The van der Waals surface area contributed by atoms with E-state index in [2.05, 4.69) is 5.32 Å². The highest BCUT2D eigenvalue weighted by molar-refractivity contribution is 5.93. The SMILES string of the molecule is NC(=O)Cc1ccccc1NC(=O)CC1(N)CCCCC1. The number of hydrogen-bond acceptors (Lipinski definition) is 3. The van der Waals surface area contributed by atoms with Crippen molar-refractivity contribution in [2.24, 2.45) is 11.5 Å². The van der Waals surface area contributed by atoms with Crippen LogP contribution in [0, 0.1) is 0 Å². The van der Waals surface area contributed by atoms with Crippen molar-refractivity contribution in [3.05, 3.63) is 29.8 Å². The molecule has 0 bridgehead atoms. The van der Waals surface area contributed by atoms with Gasteiger partial charge in [-0.15, -0.1) is 0 Å². The minimum Gasteiger partial charge on any atom is -0.369 e. The average molecular weight is 289 g/mol. The van der Waals surface area contributed by atoms with Gasteiger partial charge in [0.1, 0.15) is 0 Å². The van der Waals surface area contributed by atoms with E-state index in [4.69, 9.17) is 11.5 Å². The molecule has 21 heavy (non-hydrogen) atoms. The van der Waals surface area contributed by atoms with Crippen LogP contribution < -0.4 is 16.8 Å². The van der Waals surface area contributed by atoms with Crippen molar-refractivity contribution < 1.29 is 9.59 Å². The average Bonchev–Trinajstić information content (AvgIpc) is 2.40. The van der Waals surface area contributed by atoms with Crippen molar-refractivity contribution >= 4 is 17.5 Å². The minimum absolute atomic E-state index is 0.101. The summed E-state index contributed by atoms with van der Waals surface area (Å²) in [5, 5.41) is 2.86. The van der Waals surface area contributed by atoms with Crippen molar-refractivity contribution in [1.82, 2.24) is 0 Å². The van der Waals surface area contributed by atoms with Crippen molar-refractivity contribution in [3.8, 4) is 0 Å². The maximum absolute atomic E-state index is 12.2. The molecular formula is C16H23N3O2. The Balaban J connectivity index is 2.00. The molecule has 0 spiro atoms. The molecule has 0 aromatic heterocycles. The van der Waals surface area contributed by atoms with Gasteiger partial charge in [-0.3, -0.25) is 9.59 Å². The molecule has 0 radical (unpaired) electrons. The third-order valence-electron chi connectivity index (χ3n) is 4.02. The van der Waals surface area contributed by atoms with Crippen LogP contribution in [-0.4, -0.2) is 17.4 Å². The van der Waals surface area contributed by atoms with E-state index >= 15 is 0 Å². The Labute approximate surface area is 125 Å². The zero-order chi connectivity index (χ0) is 15.3. The predicted octanol–water partition coefficient (Wildman–Crippen LogP) is 1.70. The quantitative estimate of drug-likeness (QED) is 0.769. The van der Waals surface area contributed by atoms with Crippen molar-refractivity contribution in [1.29, 1.82) is 0 Å². The monoisotopic (exact) mass is 289 g/mol. The summed E-state index contributed by atoms with van der Waals surface area (Å²) in [7, 11) is 0. The fourth-order valence-electron chi connectivity index (χ4n) is 2.93. The minimum atomic E-state index is -0.417. The number of para-hydroxylation sites is 1. The molecular weight excluding hydrogens is 266 g/mol. The van der Waals surface area contributed by atoms with Crippen molar-refractivity contribution in [2.45, 2.75) is 50.5 Å². The van der Waals surface area contributed by atoms with Crippen LogP contribution in [0.4, 0.5) is 5.69 Å². The molecule has 0 heterocycles. The number of primary amides is 1. The largest absolute Gasteiger partial charge is 0.369 e. The number of rotatable bonds is 5. The highest BCUT2D eigenvalue weighted by atomic mass is 16.2. The van der Waals surface area contributed by atoms with Gasteiger partial charge in [0, 0.05) is 17.6 Å². The molecule has 1 aromatic carbocycles. The highest BCUT2D eigenvalue weighted by Crippen LogP contribution is 2.29. The molecule has 0 aliphatic heterocycles. The fourth-order valence-corrected chi connectivity index (χ4v) is 2.93. The summed E-state index contributed by atoms with van der Waals surface area (Å²) < 4.78 is 0. The molecule has 5 heteroatoms. The van der Waals surface area contributed by atoms with Gasteiger partial charge in [-0.05, 0) is 24.5 Å². The second-order valence-corrected chi connectivity index (χ2v) is 5.95. The van der Waals surface area contributed by atoms with Crippen LogP contribution in [-0.2, 0) is 16.0 Å². The number of carbonyl (C=O) groups excluding carboxylic acids is 2. The first-order valence-electron chi connectivity index (χ1n) is 7.43. The van der Waals surface area contributed by atoms with Crippen molar-refractivity contribution in [3.63, 3.8) is 0 Å². The van der Waals surface area contributed by atoms with Gasteiger partial charge in [0.25, 0.3) is 0 Å². The standard InChI is InChI=1S/C16H23N3O2/c17-14(20)10-12-6-2-3-7-13(12)19-15(21)11-16(18)8-4-1-5-9-16/h2-3,6-7H,1,4-5,8-11,18H2,(H2,17,20)(H,19,21). The summed E-state index contributed by atoms with van der Waals surface area (Å²) in [5.41, 5.74) is 12.5. The summed E-state index contributed by atoms with van der Waals surface area (Å²) in [6.07, 6.45) is 5.58. The maximum Gasteiger partial charge on any atom is 0.226 e. The van der Waals surface area contributed by atoms with Gasteiger partial charge in [0.2, 0.25) is 11.8 Å². The first-order valence-corrected chi connectivity index (χ1v) is 7.43. The third kappa shape index (κ3) is 4.56. The van der Waals surface area contributed by atoms with Crippen LogP contribution in [0.5, 0.6) is 0 Å². The predicted molar refractivity (Wildman–Crippen MR) is 82.6 cm³/mol. The number of carbonyl (C=O) groups is 2. The Morgan fingerprint density at radius 2 is 1.81 bits per heavy atom. The Morgan fingerprint density at radius 3 is 2.48 bits per heavy atom. The van der Waals surface area contributed by atoms with E-state index in [1.165, 1.54) is 6.42 Å². The van der Waals surface area contributed by atoms with Gasteiger partial charge in [0.15, 0.2) is 0 Å². The lowest BCUT2D eigenvalue weighted by Gasteiger charge is -2.32. The van der Waals surface area contributed by atoms with E-state index in [-0.39, 0.29) is 17.9 Å². The smallest absolute Gasteiger partial charge is 0.226 e. The molecule has 2 rings (SSSR count). The summed E-state index contributed by atoms with van der Waals surface area (Å²) in [5.74, 6) is -0.518. The van der Waals surface area contributed by atoms with E-state index in [9.17, 15) is 9.59 Å². The maximum atomic E-state index is 12.2. The molecule has 0 atom stereocenters. The number of amides is 2.